The summed E-state index contributed by atoms with van der Waals surface area (Å²) in [6.07, 6.45) is -2.34. The van der Waals surface area contributed by atoms with Crippen LogP contribution in [0.5, 0.6) is 0 Å². The van der Waals surface area contributed by atoms with E-state index in [1.165, 1.54) is 22.6 Å². The second-order valence-corrected chi connectivity index (χ2v) is 6.58. The predicted molar refractivity (Wildman–Crippen MR) is 86.0 cm³/mol. The minimum atomic E-state index is -4.57. The zero-order valence-electron chi connectivity index (χ0n) is 12.3. The van der Waals surface area contributed by atoms with Crippen LogP contribution in [0.15, 0.2) is 18.3 Å². The molecule has 1 aliphatic rings. The van der Waals surface area contributed by atoms with Crippen LogP contribution in [-0.4, -0.2) is 26.1 Å². The van der Waals surface area contributed by atoms with Crippen molar-refractivity contribution < 1.29 is 18.0 Å². The molecule has 2 unspecified atom stereocenters. The molecule has 1 aliphatic carbocycles. The first-order valence-electron chi connectivity index (χ1n) is 6.96. The van der Waals surface area contributed by atoms with Gasteiger partial charge in [0.05, 0.1) is 0 Å². The molecule has 1 fully saturated rings. The lowest BCUT2D eigenvalue weighted by Gasteiger charge is -2.09. The lowest BCUT2D eigenvalue weighted by molar-refractivity contribution is -0.142. The molecule has 2 heterocycles. The molecule has 0 radical (unpaired) electrons. The largest absolute Gasteiger partial charge is 0.436 e. The van der Waals surface area contributed by atoms with E-state index in [1.807, 2.05) is 6.92 Å². The maximum absolute atomic E-state index is 12.6. The average Bonchev–Trinajstić information content (AvgIpc) is 3.26. The Morgan fingerprint density at radius 2 is 2.12 bits per heavy atom. The van der Waals surface area contributed by atoms with Crippen molar-refractivity contribution in [3.05, 3.63) is 39.1 Å². The molecule has 126 valence electrons. The molecular formula is C14H11F3IN5O. The zero-order valence-corrected chi connectivity index (χ0v) is 14.5. The summed E-state index contributed by atoms with van der Waals surface area (Å²) in [6, 6.07) is 2.91. The van der Waals surface area contributed by atoms with Gasteiger partial charge in [-0.2, -0.15) is 13.2 Å². The van der Waals surface area contributed by atoms with Crippen molar-refractivity contribution in [3.8, 4) is 0 Å². The minimum absolute atomic E-state index is 0.00629. The lowest BCUT2D eigenvalue weighted by atomic mass is 10.2. The fourth-order valence-corrected chi connectivity index (χ4v) is 2.97. The number of carbonyl (C=O) groups is 1. The Morgan fingerprint density at radius 3 is 2.75 bits per heavy atom. The maximum Gasteiger partial charge on any atom is 0.436 e. The Morgan fingerprint density at radius 1 is 1.38 bits per heavy atom. The van der Waals surface area contributed by atoms with E-state index in [0.29, 0.717) is 12.2 Å². The molecule has 1 N–H and O–H groups in total. The number of alkyl halides is 3. The minimum Gasteiger partial charge on any atom is -0.309 e. The number of halogens is 4. The second-order valence-electron chi connectivity index (χ2n) is 5.42. The molecule has 0 saturated heterocycles. The van der Waals surface area contributed by atoms with Gasteiger partial charge in [0.25, 0.3) is 0 Å². The summed E-state index contributed by atoms with van der Waals surface area (Å²) in [5.41, 5.74) is -0.257. The first kappa shape index (κ1) is 17.0. The Labute approximate surface area is 148 Å². The summed E-state index contributed by atoms with van der Waals surface area (Å²) in [6.45, 7) is 1.84. The maximum atomic E-state index is 12.6. The summed E-state index contributed by atoms with van der Waals surface area (Å²) in [4.78, 5) is 20.6. The summed E-state index contributed by atoms with van der Waals surface area (Å²) in [7, 11) is 0. The van der Waals surface area contributed by atoms with Gasteiger partial charge < -0.3 is 5.32 Å². The number of aromatic nitrogens is 4. The highest BCUT2D eigenvalue weighted by molar-refractivity contribution is 14.1. The van der Waals surface area contributed by atoms with Crippen LogP contribution in [0.1, 0.15) is 29.6 Å². The highest BCUT2D eigenvalue weighted by Gasteiger charge is 2.46. The van der Waals surface area contributed by atoms with Crippen molar-refractivity contribution >= 4 is 34.3 Å². The zero-order chi connectivity index (χ0) is 17.5. The van der Waals surface area contributed by atoms with Crippen molar-refractivity contribution in [2.45, 2.75) is 25.4 Å². The van der Waals surface area contributed by atoms with Gasteiger partial charge in [0.1, 0.15) is 5.82 Å². The number of nitrogens with one attached hydrogen (secondary N) is 1. The van der Waals surface area contributed by atoms with Crippen molar-refractivity contribution in [1.82, 2.24) is 20.2 Å². The molecule has 2 atom stereocenters. The van der Waals surface area contributed by atoms with E-state index in [-0.39, 0.29) is 27.1 Å². The number of carbonyl (C=O) groups excluding carboxylic acids is 1. The van der Waals surface area contributed by atoms with Crippen LogP contribution in [0, 0.1) is 16.4 Å². The van der Waals surface area contributed by atoms with E-state index < -0.39 is 11.9 Å². The van der Waals surface area contributed by atoms with Crippen LogP contribution in [0.4, 0.5) is 19.0 Å². The van der Waals surface area contributed by atoms with Crippen LogP contribution in [0.25, 0.3) is 0 Å². The first-order chi connectivity index (χ1) is 11.3. The van der Waals surface area contributed by atoms with Gasteiger partial charge in [-0.25, -0.2) is 9.97 Å². The molecule has 0 spiro atoms. The monoisotopic (exact) mass is 449 g/mol. The van der Waals surface area contributed by atoms with Gasteiger partial charge in [-0.3, -0.25) is 4.79 Å². The van der Waals surface area contributed by atoms with Gasteiger partial charge in [0, 0.05) is 27.3 Å². The number of rotatable bonds is 3. The summed E-state index contributed by atoms with van der Waals surface area (Å²) < 4.78 is 37.8. The van der Waals surface area contributed by atoms with Crippen LogP contribution in [0.2, 0.25) is 0 Å². The molecule has 1 amide bonds. The van der Waals surface area contributed by atoms with Crippen molar-refractivity contribution in [2.24, 2.45) is 5.92 Å². The van der Waals surface area contributed by atoms with Crippen LogP contribution < -0.4 is 5.32 Å². The van der Waals surface area contributed by atoms with E-state index in [4.69, 9.17) is 0 Å². The third kappa shape index (κ3) is 3.62. The van der Waals surface area contributed by atoms with E-state index in [0.717, 1.165) is 11.8 Å². The second kappa shape index (κ2) is 6.22. The third-order valence-electron chi connectivity index (χ3n) is 3.54. The molecule has 0 aromatic carbocycles. The lowest BCUT2D eigenvalue weighted by Crippen LogP contribution is -2.18. The van der Waals surface area contributed by atoms with Crippen molar-refractivity contribution in [1.29, 1.82) is 0 Å². The van der Waals surface area contributed by atoms with Gasteiger partial charge >= 0.3 is 6.18 Å². The number of nitrogens with zero attached hydrogens (tertiary/aromatic N) is 4. The molecular weight excluding hydrogens is 438 g/mol. The molecule has 24 heavy (non-hydrogen) atoms. The quantitative estimate of drug-likeness (QED) is 0.730. The van der Waals surface area contributed by atoms with Crippen LogP contribution >= 0.6 is 22.6 Å². The Kier molecular flexibility index (Phi) is 4.40. The molecule has 10 heteroatoms. The van der Waals surface area contributed by atoms with E-state index >= 15 is 0 Å². The summed E-state index contributed by atoms with van der Waals surface area (Å²) in [5, 5.41) is 9.08. The summed E-state index contributed by atoms with van der Waals surface area (Å²) >= 11 is 1.51. The van der Waals surface area contributed by atoms with E-state index in [2.05, 4.69) is 25.5 Å². The molecule has 1 saturated carbocycles. The topological polar surface area (TPSA) is 80.7 Å². The number of anilines is 1. The van der Waals surface area contributed by atoms with E-state index in [1.54, 1.807) is 12.3 Å². The SMILES string of the molecule is Cc1ccnc(C2CC2C(=O)Nc2cc(I)c(C(F)(F)F)nn2)n1. The highest BCUT2D eigenvalue weighted by atomic mass is 127. The normalized spacial score (nSPS) is 19.9. The molecule has 2 aromatic rings. The van der Waals surface area contributed by atoms with Crippen molar-refractivity contribution in [3.63, 3.8) is 0 Å². The molecule has 3 rings (SSSR count). The van der Waals surface area contributed by atoms with E-state index in [9.17, 15) is 18.0 Å². The molecule has 0 bridgehead atoms. The average molecular weight is 449 g/mol. The number of hydrogen-bond acceptors (Lipinski definition) is 5. The van der Waals surface area contributed by atoms with Gasteiger partial charge in [-0.05, 0) is 48.1 Å². The predicted octanol–water partition coefficient (Wildman–Crippen LogP) is 2.94. The Hall–Kier alpha value is -1.85. The Balaban J connectivity index is 1.67. The van der Waals surface area contributed by atoms with Gasteiger partial charge in [-0.1, -0.05) is 0 Å². The highest BCUT2D eigenvalue weighted by Crippen LogP contribution is 2.46. The van der Waals surface area contributed by atoms with Gasteiger partial charge in [0.15, 0.2) is 11.5 Å². The Bertz CT molecular complexity index is 798. The van der Waals surface area contributed by atoms with Crippen LogP contribution in [0.3, 0.4) is 0 Å². The summed E-state index contributed by atoms with van der Waals surface area (Å²) in [5.74, 6) is -0.119. The molecule has 6 nitrogen and oxygen atoms in total. The van der Waals surface area contributed by atoms with Gasteiger partial charge in [-0.15, -0.1) is 10.2 Å². The fourth-order valence-electron chi connectivity index (χ4n) is 2.26. The number of amides is 1. The van der Waals surface area contributed by atoms with Gasteiger partial charge in [0.2, 0.25) is 5.91 Å². The smallest absolute Gasteiger partial charge is 0.309 e. The molecule has 2 aromatic heterocycles. The number of hydrogen-bond donors (Lipinski definition) is 1. The standard InChI is InChI=1S/C14H11F3IN5O/c1-6-2-3-19-12(20-6)7-4-8(7)13(24)21-10-5-9(18)11(23-22-10)14(15,16)17/h2-3,5,7-8H,4H2,1H3,(H,21,22,24). The first-order valence-corrected chi connectivity index (χ1v) is 8.04. The molecule has 0 aliphatic heterocycles. The number of aryl methyl sites for hydroxylation is 1. The van der Waals surface area contributed by atoms with Crippen molar-refractivity contribution in [2.75, 3.05) is 5.32 Å². The fraction of sp³-hybridized carbons (Fsp3) is 0.357. The van der Waals surface area contributed by atoms with Crippen LogP contribution in [-0.2, 0) is 11.0 Å². The third-order valence-corrected chi connectivity index (χ3v) is 4.36.